The van der Waals surface area contributed by atoms with Crippen molar-refractivity contribution in [3.05, 3.63) is 94.8 Å². The van der Waals surface area contributed by atoms with Gasteiger partial charge >= 0.3 is 12.4 Å². The van der Waals surface area contributed by atoms with Gasteiger partial charge in [0, 0.05) is 22.7 Å². The molecule has 3 aromatic carbocycles. The van der Waals surface area contributed by atoms with Gasteiger partial charge in [0.05, 0.1) is 5.69 Å². The normalized spacial score (nSPS) is 11.4. The van der Waals surface area contributed by atoms with Crippen LogP contribution in [0.25, 0.3) is 17.1 Å². The van der Waals surface area contributed by atoms with Gasteiger partial charge in [0.2, 0.25) is 0 Å². The summed E-state index contributed by atoms with van der Waals surface area (Å²) in [6.07, 6.45) is -3.31. The fraction of sp³-hybridized carbons (Fsp3) is 0.185. The summed E-state index contributed by atoms with van der Waals surface area (Å²) in [4.78, 5) is 17.1. The lowest BCUT2D eigenvalue weighted by atomic mass is 9.97. The number of hydrogen-bond donors (Lipinski definition) is 2. The molecule has 0 bridgehead atoms. The molecule has 2 N–H and O–H groups in total. The molecule has 202 valence electrons. The summed E-state index contributed by atoms with van der Waals surface area (Å²) in [6.45, 7) is 4.28. The maximum absolute atomic E-state index is 12.5. The summed E-state index contributed by atoms with van der Waals surface area (Å²) in [5, 5.41) is 10.4. The maximum atomic E-state index is 12.5. The number of alkyl halides is 3. The van der Waals surface area contributed by atoms with E-state index in [2.05, 4.69) is 25.5 Å². The lowest BCUT2D eigenvalue weighted by Gasteiger charge is -2.15. The lowest BCUT2D eigenvalue weighted by molar-refractivity contribution is -0.274. The summed E-state index contributed by atoms with van der Waals surface area (Å²) in [5.74, 6) is 0.271. The summed E-state index contributed by atoms with van der Waals surface area (Å²) in [5.41, 5.74) is 3.68. The van der Waals surface area contributed by atoms with Gasteiger partial charge in [-0.05, 0) is 59.5 Å². The Bertz CT molecular complexity index is 1490. The predicted octanol–water partition coefficient (Wildman–Crippen LogP) is 6.78. The number of urea groups is 1. The second-order valence-corrected chi connectivity index (χ2v) is 9.62. The van der Waals surface area contributed by atoms with E-state index in [1.807, 2.05) is 38.1 Å². The Kier molecular flexibility index (Phi) is 8.51. The Balaban J connectivity index is 1.38. The number of nitrogens with one attached hydrogen (secondary N) is 2. The Hall–Kier alpha value is -3.96. The molecule has 12 heteroatoms. The van der Waals surface area contributed by atoms with Crippen LogP contribution >= 0.6 is 23.8 Å². The Labute approximate surface area is 233 Å². The van der Waals surface area contributed by atoms with E-state index < -0.39 is 12.4 Å². The fourth-order valence-corrected chi connectivity index (χ4v) is 4.21. The van der Waals surface area contributed by atoms with Crippen molar-refractivity contribution in [2.24, 2.45) is 0 Å². The fourth-order valence-electron chi connectivity index (χ4n) is 3.77. The van der Waals surface area contributed by atoms with E-state index >= 15 is 0 Å². The number of carbonyl (C=O) groups excluding carboxylic acids is 1. The number of aromatic nitrogens is 3. The highest BCUT2D eigenvalue weighted by molar-refractivity contribution is 7.80. The molecule has 0 saturated heterocycles. The first-order valence-electron chi connectivity index (χ1n) is 11.7. The van der Waals surface area contributed by atoms with Crippen molar-refractivity contribution in [1.29, 1.82) is 0 Å². The molecule has 1 aromatic heterocycles. The third-order valence-electron chi connectivity index (χ3n) is 5.57. The highest BCUT2D eigenvalue weighted by Gasteiger charge is 2.31. The first-order chi connectivity index (χ1) is 18.5. The summed E-state index contributed by atoms with van der Waals surface area (Å²) in [7, 11) is 0. The van der Waals surface area contributed by atoms with Crippen LogP contribution in [0.1, 0.15) is 36.5 Å². The second kappa shape index (κ2) is 11.8. The SMILES string of the molecule is CC(C)c1ccc(Cl)cc1C(=S)NC(=O)NCc1cccc(-c2ncn(-c3ccc(OC(F)(F)F)cc3)n2)c1. The third kappa shape index (κ3) is 7.55. The molecule has 4 rings (SSSR count). The largest absolute Gasteiger partial charge is 0.573 e. The van der Waals surface area contributed by atoms with E-state index in [1.54, 1.807) is 18.2 Å². The van der Waals surface area contributed by atoms with Crippen molar-refractivity contribution < 1.29 is 22.7 Å². The second-order valence-electron chi connectivity index (χ2n) is 8.78. The molecule has 0 aliphatic carbocycles. The van der Waals surface area contributed by atoms with Crippen molar-refractivity contribution in [3.63, 3.8) is 0 Å². The topological polar surface area (TPSA) is 81.1 Å². The Morgan fingerprint density at radius 2 is 1.85 bits per heavy atom. The molecule has 0 atom stereocenters. The standard InChI is InChI=1S/C27H23ClF3N5O2S/c1-16(2)22-11-6-19(28)13-23(22)25(39)34-26(37)32-14-17-4-3-5-18(12-17)24-33-15-36(35-24)20-7-9-21(10-8-20)38-27(29,30)31/h3-13,15-16H,14H2,1-2H3,(H2,32,34,37,39). The molecule has 39 heavy (non-hydrogen) atoms. The van der Waals surface area contributed by atoms with Gasteiger partial charge in [-0.3, -0.25) is 5.32 Å². The number of ether oxygens (including phenoxy) is 1. The molecule has 0 fully saturated rings. The number of hydrogen-bond acceptors (Lipinski definition) is 5. The number of rotatable bonds is 7. The minimum absolute atomic E-state index is 0.197. The predicted molar refractivity (Wildman–Crippen MR) is 146 cm³/mol. The summed E-state index contributed by atoms with van der Waals surface area (Å²) >= 11 is 11.6. The Morgan fingerprint density at radius 1 is 1.10 bits per heavy atom. The van der Waals surface area contributed by atoms with Gasteiger partial charge in [-0.25, -0.2) is 14.5 Å². The molecule has 4 aromatic rings. The number of nitrogens with zero attached hydrogens (tertiary/aromatic N) is 3. The molecule has 0 aliphatic rings. The highest BCUT2D eigenvalue weighted by Crippen LogP contribution is 2.25. The number of amides is 2. The first kappa shape index (κ1) is 28.1. The van der Waals surface area contributed by atoms with E-state index in [1.165, 1.54) is 35.3 Å². The van der Waals surface area contributed by atoms with Crippen LogP contribution in [0.2, 0.25) is 5.02 Å². The van der Waals surface area contributed by atoms with Crippen LogP contribution in [-0.4, -0.2) is 32.1 Å². The third-order valence-corrected chi connectivity index (χ3v) is 6.13. The van der Waals surface area contributed by atoms with Crippen molar-refractivity contribution in [2.45, 2.75) is 32.7 Å². The summed E-state index contributed by atoms with van der Waals surface area (Å²) < 4.78 is 42.5. The Morgan fingerprint density at radius 3 is 2.54 bits per heavy atom. The van der Waals surface area contributed by atoms with Gasteiger partial charge in [-0.15, -0.1) is 18.3 Å². The minimum atomic E-state index is -4.76. The van der Waals surface area contributed by atoms with Crippen LogP contribution in [0.3, 0.4) is 0 Å². The van der Waals surface area contributed by atoms with Crippen LogP contribution in [0.5, 0.6) is 5.75 Å². The highest BCUT2D eigenvalue weighted by atomic mass is 35.5. The zero-order valence-corrected chi connectivity index (χ0v) is 22.4. The lowest BCUT2D eigenvalue weighted by Crippen LogP contribution is -2.39. The summed E-state index contributed by atoms with van der Waals surface area (Å²) in [6, 6.07) is 17.5. The molecular weight excluding hydrogens is 551 g/mol. The van der Waals surface area contributed by atoms with Crippen LogP contribution < -0.4 is 15.4 Å². The minimum Gasteiger partial charge on any atom is -0.406 e. The van der Waals surface area contributed by atoms with Gasteiger partial charge in [0.15, 0.2) is 5.82 Å². The zero-order chi connectivity index (χ0) is 28.2. The van der Waals surface area contributed by atoms with Gasteiger partial charge in [-0.1, -0.05) is 61.9 Å². The number of carbonyl (C=O) groups is 1. The van der Waals surface area contributed by atoms with E-state index in [0.717, 1.165) is 11.1 Å². The van der Waals surface area contributed by atoms with Crippen LogP contribution in [0.4, 0.5) is 18.0 Å². The quantitative estimate of drug-likeness (QED) is 0.238. The average Bonchev–Trinajstić information content (AvgIpc) is 3.37. The maximum Gasteiger partial charge on any atom is 0.573 e. The van der Waals surface area contributed by atoms with E-state index in [0.29, 0.717) is 27.7 Å². The van der Waals surface area contributed by atoms with Crippen molar-refractivity contribution in [3.8, 4) is 22.8 Å². The van der Waals surface area contributed by atoms with Gasteiger partial charge in [0.25, 0.3) is 0 Å². The smallest absolute Gasteiger partial charge is 0.406 e. The molecular formula is C27H23ClF3N5O2S. The zero-order valence-electron chi connectivity index (χ0n) is 20.8. The number of benzene rings is 3. The molecule has 0 aliphatic heterocycles. The molecule has 0 radical (unpaired) electrons. The molecule has 0 spiro atoms. The van der Waals surface area contributed by atoms with Gasteiger partial charge in [0.1, 0.15) is 17.1 Å². The molecule has 7 nitrogen and oxygen atoms in total. The van der Waals surface area contributed by atoms with Crippen molar-refractivity contribution in [1.82, 2.24) is 25.4 Å². The van der Waals surface area contributed by atoms with Gasteiger partial charge < -0.3 is 10.1 Å². The monoisotopic (exact) mass is 573 g/mol. The molecule has 0 unspecified atom stereocenters. The van der Waals surface area contributed by atoms with Crippen LogP contribution in [0, 0.1) is 0 Å². The molecule has 0 saturated carbocycles. The van der Waals surface area contributed by atoms with E-state index in [-0.39, 0.29) is 23.2 Å². The molecule has 2 amide bonds. The van der Waals surface area contributed by atoms with E-state index in [9.17, 15) is 18.0 Å². The van der Waals surface area contributed by atoms with Gasteiger partial charge in [-0.2, -0.15) is 0 Å². The number of halogens is 4. The van der Waals surface area contributed by atoms with Crippen LogP contribution in [-0.2, 0) is 6.54 Å². The molecule has 1 heterocycles. The average molecular weight is 574 g/mol. The first-order valence-corrected chi connectivity index (χ1v) is 12.5. The number of thiocarbonyl (C=S) groups is 1. The van der Waals surface area contributed by atoms with E-state index in [4.69, 9.17) is 23.8 Å². The van der Waals surface area contributed by atoms with Crippen LogP contribution in [0.15, 0.2) is 73.1 Å². The van der Waals surface area contributed by atoms with Crippen molar-refractivity contribution in [2.75, 3.05) is 0 Å². The van der Waals surface area contributed by atoms with Crippen molar-refractivity contribution >= 4 is 34.8 Å².